The lowest BCUT2D eigenvalue weighted by Crippen LogP contribution is -2.24. The van der Waals surface area contributed by atoms with Crippen LogP contribution in [0, 0.1) is 15.9 Å². The minimum atomic E-state index is -0.994. The Balaban J connectivity index is 1.59. The summed E-state index contributed by atoms with van der Waals surface area (Å²) in [5, 5.41) is 25.3. The topological polar surface area (TPSA) is 115 Å². The Morgan fingerprint density at radius 3 is 2.91 bits per heavy atom. The molecule has 0 bridgehead atoms. The first-order valence-corrected chi connectivity index (χ1v) is 10.4. The van der Waals surface area contributed by atoms with E-state index in [2.05, 4.69) is 19.9 Å². The van der Waals surface area contributed by atoms with Crippen molar-refractivity contribution in [3.8, 4) is 17.0 Å². The molecular weight excluding hydrogens is 429 g/mol. The van der Waals surface area contributed by atoms with E-state index in [1.807, 2.05) is 24.3 Å². The van der Waals surface area contributed by atoms with Gasteiger partial charge in [-0.15, -0.1) is 0 Å². The fraction of sp³-hybridized carbons (Fsp3) is 0.217. The molecule has 9 nitrogen and oxygen atoms in total. The van der Waals surface area contributed by atoms with Gasteiger partial charge in [0.15, 0.2) is 0 Å². The molecule has 1 unspecified atom stereocenters. The van der Waals surface area contributed by atoms with E-state index in [4.69, 9.17) is 4.74 Å². The van der Waals surface area contributed by atoms with Crippen LogP contribution in [-0.2, 0) is 13.0 Å². The Bertz CT molecular complexity index is 1390. The van der Waals surface area contributed by atoms with E-state index in [1.54, 1.807) is 12.3 Å². The molecule has 2 aromatic carbocycles. The van der Waals surface area contributed by atoms with Crippen LogP contribution in [-0.4, -0.2) is 37.8 Å². The molecule has 3 heterocycles. The number of hydrogen-bond acceptors (Lipinski definition) is 7. The van der Waals surface area contributed by atoms with Gasteiger partial charge in [0.25, 0.3) is 0 Å². The van der Waals surface area contributed by atoms with E-state index in [1.165, 1.54) is 7.11 Å². The smallest absolute Gasteiger partial charge is 0.307 e. The van der Waals surface area contributed by atoms with Crippen molar-refractivity contribution in [3.63, 3.8) is 0 Å². The number of nitro groups is 1. The van der Waals surface area contributed by atoms with Gasteiger partial charge in [0.05, 0.1) is 29.5 Å². The van der Waals surface area contributed by atoms with E-state index in [-0.39, 0.29) is 17.4 Å². The minimum Gasteiger partial charge on any atom is -0.494 e. The highest BCUT2D eigenvalue weighted by Crippen LogP contribution is 2.38. The number of anilines is 2. The van der Waals surface area contributed by atoms with Gasteiger partial charge in [-0.3, -0.25) is 10.1 Å². The van der Waals surface area contributed by atoms with Crippen molar-refractivity contribution < 1.29 is 19.2 Å². The second-order valence-corrected chi connectivity index (χ2v) is 7.79. The Hall–Kier alpha value is -4.05. The van der Waals surface area contributed by atoms with Gasteiger partial charge in [0, 0.05) is 47.0 Å². The normalized spacial score (nSPS) is 15.3. The van der Waals surface area contributed by atoms with Crippen LogP contribution in [0.5, 0.6) is 5.75 Å². The van der Waals surface area contributed by atoms with E-state index >= 15 is 0 Å². The number of methoxy groups -OCH3 is 1. The van der Waals surface area contributed by atoms with Gasteiger partial charge in [-0.25, -0.2) is 9.97 Å². The van der Waals surface area contributed by atoms with Crippen LogP contribution >= 0.6 is 0 Å². The van der Waals surface area contributed by atoms with Crippen LogP contribution in [0.15, 0.2) is 48.7 Å². The number of nitrogens with zero attached hydrogens (tertiary/aromatic N) is 4. The third kappa shape index (κ3) is 3.64. The van der Waals surface area contributed by atoms with Crippen molar-refractivity contribution >= 4 is 28.2 Å². The van der Waals surface area contributed by atoms with Crippen LogP contribution in [0.2, 0.25) is 0 Å². The van der Waals surface area contributed by atoms with Crippen molar-refractivity contribution in [1.29, 1.82) is 0 Å². The van der Waals surface area contributed by atoms with E-state index in [0.29, 0.717) is 25.1 Å². The van der Waals surface area contributed by atoms with Gasteiger partial charge in [0.2, 0.25) is 11.8 Å². The summed E-state index contributed by atoms with van der Waals surface area (Å²) in [6, 6.07) is 11.8. The maximum atomic E-state index is 14.0. The van der Waals surface area contributed by atoms with Gasteiger partial charge in [-0.2, -0.15) is 4.39 Å². The lowest BCUT2D eigenvalue weighted by Gasteiger charge is -2.22. The third-order valence-corrected chi connectivity index (χ3v) is 5.81. The summed E-state index contributed by atoms with van der Waals surface area (Å²) >= 11 is 0. The average Bonchev–Trinajstić information content (AvgIpc) is 3.13. The van der Waals surface area contributed by atoms with Crippen molar-refractivity contribution in [1.82, 2.24) is 14.5 Å². The number of hydrogen-bond donors (Lipinski definition) is 2. The van der Waals surface area contributed by atoms with Crippen molar-refractivity contribution in [2.75, 3.05) is 12.4 Å². The average molecular weight is 449 g/mol. The molecule has 0 radical (unpaired) electrons. The van der Waals surface area contributed by atoms with E-state index < -0.39 is 22.5 Å². The Morgan fingerprint density at radius 1 is 1.30 bits per heavy atom. The molecule has 33 heavy (non-hydrogen) atoms. The second-order valence-electron chi connectivity index (χ2n) is 7.79. The summed E-state index contributed by atoms with van der Waals surface area (Å²) in [6.07, 6.45) is 2.56. The quantitative estimate of drug-likeness (QED) is 0.346. The molecule has 168 valence electrons. The molecule has 1 aliphatic heterocycles. The molecular formula is C23H20FN5O4. The first-order valence-electron chi connectivity index (χ1n) is 10.4. The first-order chi connectivity index (χ1) is 16.0. The van der Waals surface area contributed by atoms with Gasteiger partial charge in [-0.05, 0) is 25.0 Å². The molecule has 4 aromatic rings. The zero-order chi connectivity index (χ0) is 23.1. The highest BCUT2D eigenvalue weighted by atomic mass is 19.1. The third-order valence-electron chi connectivity index (χ3n) is 5.81. The number of fused-ring (bicyclic) bond motifs is 3. The predicted octanol–water partition coefficient (Wildman–Crippen LogP) is 4.20. The Kier molecular flexibility index (Phi) is 5.14. The molecule has 0 spiro atoms. The standard InChI is InChI=1S/C23H20FN5O4/c1-33-21-10-15(24)20(29(31)32)11-17(21)27-23-25-9-8-16(26-23)22-14-4-2-3-5-18(14)28-12-13(30)6-7-19(22)28/h2-5,8-11,13,30H,6-7,12H2,1H3,(H,25,26,27). The largest absolute Gasteiger partial charge is 0.494 e. The lowest BCUT2D eigenvalue weighted by atomic mass is 10.0. The second kappa shape index (κ2) is 8.14. The highest BCUT2D eigenvalue weighted by Gasteiger charge is 2.25. The summed E-state index contributed by atoms with van der Waals surface area (Å²) in [6.45, 7) is 0.516. The van der Waals surface area contributed by atoms with Crippen LogP contribution in [0.1, 0.15) is 12.1 Å². The number of aliphatic hydroxyl groups excluding tert-OH is 1. The summed E-state index contributed by atoms with van der Waals surface area (Å²) in [7, 11) is 1.34. The molecule has 0 saturated carbocycles. The van der Waals surface area contributed by atoms with E-state index in [0.717, 1.165) is 34.3 Å². The number of nitro benzene ring substituents is 1. The Labute approximate surface area is 187 Å². The van der Waals surface area contributed by atoms with Crippen LogP contribution in [0.4, 0.5) is 21.7 Å². The fourth-order valence-corrected chi connectivity index (χ4v) is 4.34. The maximum Gasteiger partial charge on any atom is 0.307 e. The van der Waals surface area contributed by atoms with Gasteiger partial charge in [-0.1, -0.05) is 18.2 Å². The summed E-state index contributed by atoms with van der Waals surface area (Å²) in [5.41, 5.74) is 3.23. The number of rotatable bonds is 5. The molecule has 0 aliphatic carbocycles. The van der Waals surface area contributed by atoms with Crippen LogP contribution in [0.3, 0.4) is 0 Å². The number of benzene rings is 2. The molecule has 0 fully saturated rings. The number of ether oxygens (including phenoxy) is 1. The van der Waals surface area contributed by atoms with Gasteiger partial charge < -0.3 is 19.7 Å². The summed E-state index contributed by atoms with van der Waals surface area (Å²) in [5.74, 6) is -0.717. The zero-order valence-electron chi connectivity index (χ0n) is 17.7. The number of halogens is 1. The van der Waals surface area contributed by atoms with Crippen LogP contribution < -0.4 is 10.1 Å². The Morgan fingerprint density at radius 2 is 2.12 bits per heavy atom. The lowest BCUT2D eigenvalue weighted by molar-refractivity contribution is -0.387. The number of nitrogens with one attached hydrogen (secondary N) is 1. The van der Waals surface area contributed by atoms with Gasteiger partial charge in [0.1, 0.15) is 5.75 Å². The minimum absolute atomic E-state index is 0.0905. The van der Waals surface area contributed by atoms with Gasteiger partial charge >= 0.3 is 5.69 Å². The summed E-state index contributed by atoms with van der Waals surface area (Å²) < 4.78 is 21.3. The SMILES string of the molecule is COc1cc(F)c([N+](=O)[O-])cc1Nc1nccc(-c2c3n(c4ccccc24)CC(O)CC3)n1. The van der Waals surface area contributed by atoms with Crippen molar-refractivity contribution in [2.24, 2.45) is 0 Å². The number of aromatic nitrogens is 3. The molecule has 5 rings (SSSR count). The van der Waals surface area contributed by atoms with Crippen molar-refractivity contribution in [3.05, 3.63) is 70.3 Å². The zero-order valence-corrected chi connectivity index (χ0v) is 17.7. The molecule has 0 saturated heterocycles. The fourth-order valence-electron chi connectivity index (χ4n) is 4.34. The molecule has 1 aliphatic rings. The number of para-hydroxylation sites is 1. The molecule has 2 N–H and O–H groups in total. The van der Waals surface area contributed by atoms with Crippen molar-refractivity contribution in [2.45, 2.75) is 25.5 Å². The molecule has 1 atom stereocenters. The van der Waals surface area contributed by atoms with Crippen LogP contribution in [0.25, 0.3) is 22.2 Å². The molecule has 2 aromatic heterocycles. The first kappa shape index (κ1) is 20.8. The predicted molar refractivity (Wildman–Crippen MR) is 120 cm³/mol. The monoisotopic (exact) mass is 449 g/mol. The molecule has 0 amide bonds. The maximum absolute atomic E-state index is 14.0. The summed E-state index contributed by atoms with van der Waals surface area (Å²) in [4.78, 5) is 19.2. The number of aliphatic hydroxyl groups is 1. The highest BCUT2D eigenvalue weighted by molar-refractivity contribution is 5.97. The molecule has 10 heteroatoms. The van der Waals surface area contributed by atoms with E-state index in [9.17, 15) is 19.6 Å².